The molecule has 0 amide bonds. The fourth-order valence-electron chi connectivity index (χ4n) is 0.711. The molecule has 0 aliphatic rings. The summed E-state index contributed by atoms with van der Waals surface area (Å²) in [6, 6.07) is 0. The zero-order chi connectivity index (χ0) is 8.04. The van der Waals surface area contributed by atoms with Crippen molar-refractivity contribution in [2.45, 2.75) is 32.6 Å². The van der Waals surface area contributed by atoms with E-state index in [1.807, 2.05) is 6.92 Å². The zero-order valence-electron chi connectivity index (χ0n) is 7.32. The van der Waals surface area contributed by atoms with Crippen molar-refractivity contribution in [3.05, 3.63) is 0 Å². The van der Waals surface area contributed by atoms with Crippen LogP contribution in [0.3, 0.4) is 0 Å². The summed E-state index contributed by atoms with van der Waals surface area (Å²) in [7, 11) is -3.70. The molecule has 0 aliphatic carbocycles. The van der Waals surface area contributed by atoms with E-state index in [9.17, 15) is 8.42 Å². The van der Waals surface area contributed by atoms with Gasteiger partial charge in [0.1, 0.15) is 0 Å². The predicted octanol–water partition coefficient (Wildman–Crippen LogP) is 1.77. The van der Waals surface area contributed by atoms with Gasteiger partial charge in [0.15, 0.2) is 0 Å². The van der Waals surface area contributed by atoms with E-state index in [1.165, 1.54) is 0 Å². The number of halogens is 1. The molecule has 0 fully saturated rings. The molecule has 6 heteroatoms. The van der Waals surface area contributed by atoms with E-state index in [-0.39, 0.29) is 16.6 Å². The van der Waals surface area contributed by atoms with Crippen LogP contribution in [0.5, 0.6) is 0 Å². The van der Waals surface area contributed by atoms with Crippen LogP contribution in [0, 0.1) is 0 Å². The third kappa shape index (κ3) is 16.4. The summed E-state index contributed by atoms with van der Waals surface area (Å²) in [5.41, 5.74) is 0. The third-order valence-corrected chi connectivity index (χ3v) is 2.06. The van der Waals surface area contributed by atoms with Crippen LogP contribution in [0.25, 0.3) is 0 Å². The minimum atomic E-state index is -3.70. The van der Waals surface area contributed by atoms with Crippen molar-refractivity contribution in [1.29, 1.82) is 0 Å². The van der Waals surface area contributed by atoms with Gasteiger partial charge in [-0.05, 0) is 6.42 Å². The van der Waals surface area contributed by atoms with Gasteiger partial charge in [-0.3, -0.25) is 9.26 Å². The van der Waals surface area contributed by atoms with Crippen molar-refractivity contribution in [1.82, 2.24) is 6.15 Å². The van der Waals surface area contributed by atoms with Gasteiger partial charge in [0.25, 0.3) is 10.1 Å². The Bertz CT molecular complexity index is 170. The van der Waals surface area contributed by atoms with Crippen LogP contribution in [-0.2, 0) is 10.1 Å². The van der Waals surface area contributed by atoms with E-state index in [0.717, 1.165) is 19.3 Å². The molecule has 0 radical (unpaired) electrons. The molecule has 0 saturated carbocycles. The Labute approximate surface area is 73.1 Å². The predicted molar refractivity (Wildman–Crippen MR) is 48.1 cm³/mol. The van der Waals surface area contributed by atoms with E-state index in [2.05, 4.69) is 0 Å². The summed E-state index contributed by atoms with van der Waals surface area (Å²) in [6.45, 7) is 2.05. The zero-order valence-corrected chi connectivity index (χ0v) is 8.14. The first-order chi connectivity index (χ1) is 4.56. The molecule has 4 N–H and O–H groups in total. The first-order valence-electron chi connectivity index (χ1n) is 3.51. The van der Waals surface area contributed by atoms with Gasteiger partial charge in [-0.2, -0.15) is 8.42 Å². The molecule has 0 aromatic carbocycles. The molecule has 0 aliphatic heterocycles. The lowest BCUT2D eigenvalue weighted by Gasteiger charge is -1.95. The van der Waals surface area contributed by atoms with Crippen LogP contribution >= 0.6 is 0 Å². The molecule has 0 bridgehead atoms. The summed E-state index contributed by atoms with van der Waals surface area (Å²) >= 11 is 0. The largest absolute Gasteiger partial charge is 0.344 e. The Morgan fingerprint density at radius 2 is 1.67 bits per heavy atom. The fraction of sp³-hybridized carbons (Fsp3) is 1.00. The quantitative estimate of drug-likeness (QED) is 0.526. The third-order valence-electron chi connectivity index (χ3n) is 1.26. The van der Waals surface area contributed by atoms with Crippen LogP contribution in [0.2, 0.25) is 0 Å². The minimum absolute atomic E-state index is 0. The van der Waals surface area contributed by atoms with Crippen molar-refractivity contribution in [2.24, 2.45) is 0 Å². The smallest absolute Gasteiger partial charge is 0.264 e. The van der Waals surface area contributed by atoms with Gasteiger partial charge in [-0.1, -0.05) is 26.2 Å². The molecule has 0 unspecified atom stereocenters. The number of rotatable bonds is 5. The van der Waals surface area contributed by atoms with E-state index in [0.29, 0.717) is 6.42 Å². The Hall–Kier alpha value is -0.200. The Balaban J connectivity index is -0.000000405. The molecule has 0 heterocycles. The SMILES string of the molecule is CCCCCCS(=O)(=O)O.F.N. The molecule has 0 rings (SSSR count). The molecule has 0 aromatic heterocycles. The molecule has 4 nitrogen and oxygen atoms in total. The summed E-state index contributed by atoms with van der Waals surface area (Å²) in [4.78, 5) is 0. The highest BCUT2D eigenvalue weighted by Gasteiger charge is 2.01. The van der Waals surface area contributed by atoms with E-state index >= 15 is 0 Å². The molecule has 0 aromatic rings. The molecular formula is C6H18FNO3S. The fourth-order valence-corrected chi connectivity index (χ4v) is 1.28. The van der Waals surface area contributed by atoms with Crippen LogP contribution in [0.1, 0.15) is 32.6 Å². The van der Waals surface area contributed by atoms with Crippen molar-refractivity contribution in [3.8, 4) is 0 Å². The lowest BCUT2D eigenvalue weighted by atomic mass is 10.2. The topological polar surface area (TPSA) is 89.4 Å². The van der Waals surface area contributed by atoms with Gasteiger partial charge in [-0.25, -0.2) is 0 Å². The van der Waals surface area contributed by atoms with Crippen LogP contribution < -0.4 is 6.15 Å². The van der Waals surface area contributed by atoms with Crippen molar-refractivity contribution in [3.63, 3.8) is 0 Å². The van der Waals surface area contributed by atoms with E-state index in [1.54, 1.807) is 0 Å². The van der Waals surface area contributed by atoms with Gasteiger partial charge in [0, 0.05) is 0 Å². The maximum absolute atomic E-state index is 10.1. The van der Waals surface area contributed by atoms with E-state index in [4.69, 9.17) is 4.55 Å². The summed E-state index contributed by atoms with van der Waals surface area (Å²) in [5.74, 6) is -0.0903. The lowest BCUT2D eigenvalue weighted by molar-refractivity contribution is 0.479. The molecular weight excluding hydrogens is 185 g/mol. The average Bonchev–Trinajstić information content (AvgIpc) is 1.78. The van der Waals surface area contributed by atoms with Gasteiger partial charge in [-0.15, -0.1) is 0 Å². The average molecular weight is 203 g/mol. The van der Waals surface area contributed by atoms with Crippen LogP contribution in [0.15, 0.2) is 0 Å². The Morgan fingerprint density at radius 1 is 1.17 bits per heavy atom. The van der Waals surface area contributed by atoms with Crippen LogP contribution in [0.4, 0.5) is 4.70 Å². The number of hydrogen-bond donors (Lipinski definition) is 2. The second kappa shape index (κ2) is 8.89. The normalized spacial score (nSPS) is 9.83. The highest BCUT2D eigenvalue weighted by molar-refractivity contribution is 7.85. The summed E-state index contributed by atoms with van der Waals surface area (Å²) in [5, 5.41) is 0. The highest BCUT2D eigenvalue weighted by atomic mass is 32.2. The van der Waals surface area contributed by atoms with E-state index < -0.39 is 10.1 Å². The standard InChI is InChI=1S/C6H14O3S.FH.H3N/c1-2-3-4-5-6-10(7,8)9;;/h2-6H2,1H3,(H,7,8,9);1H;1H3. The summed E-state index contributed by atoms with van der Waals surface area (Å²) in [6.07, 6.45) is 3.57. The molecule has 0 saturated heterocycles. The first kappa shape index (κ1) is 17.8. The van der Waals surface area contributed by atoms with Gasteiger partial charge < -0.3 is 6.15 Å². The summed E-state index contributed by atoms with van der Waals surface area (Å²) < 4.78 is 28.6. The van der Waals surface area contributed by atoms with Crippen molar-refractivity contribution >= 4 is 10.1 Å². The van der Waals surface area contributed by atoms with Crippen molar-refractivity contribution < 1.29 is 17.7 Å². The second-order valence-corrected chi connectivity index (χ2v) is 3.92. The minimum Gasteiger partial charge on any atom is -0.344 e. The van der Waals surface area contributed by atoms with Gasteiger partial charge >= 0.3 is 0 Å². The second-order valence-electron chi connectivity index (χ2n) is 2.35. The maximum Gasteiger partial charge on any atom is 0.264 e. The number of hydrogen-bond acceptors (Lipinski definition) is 3. The Kier molecular flexibility index (Phi) is 13.2. The van der Waals surface area contributed by atoms with Crippen LogP contribution in [-0.4, -0.2) is 18.7 Å². The number of unbranched alkanes of at least 4 members (excludes halogenated alkanes) is 3. The van der Waals surface area contributed by atoms with Crippen molar-refractivity contribution in [2.75, 3.05) is 5.75 Å². The molecule has 12 heavy (non-hydrogen) atoms. The maximum atomic E-state index is 10.1. The first-order valence-corrected chi connectivity index (χ1v) is 5.12. The van der Waals surface area contributed by atoms with Gasteiger partial charge in [0.2, 0.25) is 0 Å². The molecule has 0 atom stereocenters. The van der Waals surface area contributed by atoms with Gasteiger partial charge in [0.05, 0.1) is 5.75 Å². The lowest BCUT2D eigenvalue weighted by Crippen LogP contribution is -2.03. The Morgan fingerprint density at radius 3 is 2.00 bits per heavy atom. The molecule has 78 valence electrons. The highest BCUT2D eigenvalue weighted by Crippen LogP contribution is 2.00. The molecule has 0 spiro atoms. The monoisotopic (exact) mass is 203 g/mol.